The molecule has 0 saturated heterocycles. The van der Waals surface area contributed by atoms with Crippen molar-refractivity contribution in [3.8, 4) is 0 Å². The van der Waals surface area contributed by atoms with Crippen LogP contribution in [0, 0.1) is 0 Å². The van der Waals surface area contributed by atoms with Crippen LogP contribution in [-0.4, -0.2) is 26.3 Å². The molecule has 6 nitrogen and oxygen atoms in total. The number of hydrazine groups is 1. The van der Waals surface area contributed by atoms with Crippen LogP contribution < -0.4 is 10.6 Å². The van der Waals surface area contributed by atoms with Gasteiger partial charge in [0, 0.05) is 18.8 Å². The predicted octanol–water partition coefficient (Wildman–Crippen LogP) is 3.50. The van der Waals surface area contributed by atoms with Gasteiger partial charge in [0.2, 0.25) is 0 Å². The summed E-state index contributed by atoms with van der Waals surface area (Å²) in [5.41, 5.74) is 3.70. The first-order valence-electron chi connectivity index (χ1n) is 9.44. The van der Waals surface area contributed by atoms with Gasteiger partial charge in [-0.15, -0.1) is 0 Å². The number of para-hydroxylation sites is 1. The van der Waals surface area contributed by atoms with Gasteiger partial charge in [-0.3, -0.25) is 14.8 Å². The third kappa shape index (κ3) is 3.59. The van der Waals surface area contributed by atoms with Crippen molar-refractivity contribution in [2.45, 2.75) is 26.4 Å². The first kappa shape index (κ1) is 18.1. The number of pyridine rings is 1. The summed E-state index contributed by atoms with van der Waals surface area (Å²) in [6, 6.07) is 19.5. The van der Waals surface area contributed by atoms with E-state index < -0.39 is 0 Å². The molecule has 0 aliphatic carbocycles. The molecule has 0 spiro atoms. The van der Waals surface area contributed by atoms with Gasteiger partial charge >= 0.3 is 0 Å². The van der Waals surface area contributed by atoms with E-state index in [2.05, 4.69) is 38.3 Å². The lowest BCUT2D eigenvalue weighted by atomic mass is 10.2. The number of hydrogen-bond acceptors (Lipinski definition) is 5. The van der Waals surface area contributed by atoms with Crippen LogP contribution in [0.4, 0.5) is 5.69 Å². The van der Waals surface area contributed by atoms with Crippen molar-refractivity contribution in [1.29, 1.82) is 0 Å². The van der Waals surface area contributed by atoms with Crippen molar-refractivity contribution >= 4 is 11.4 Å². The van der Waals surface area contributed by atoms with Crippen LogP contribution in [0.15, 0.2) is 77.7 Å². The molecule has 3 aromatic rings. The van der Waals surface area contributed by atoms with Crippen molar-refractivity contribution in [1.82, 2.24) is 19.8 Å². The smallest absolute Gasteiger partial charge is 0.267 e. The summed E-state index contributed by atoms with van der Waals surface area (Å²) in [5, 5.41) is 9.00. The second kappa shape index (κ2) is 7.78. The third-order valence-electron chi connectivity index (χ3n) is 4.65. The molecule has 1 aromatic carbocycles. The first-order valence-corrected chi connectivity index (χ1v) is 9.44. The van der Waals surface area contributed by atoms with E-state index in [1.807, 2.05) is 56.4 Å². The van der Waals surface area contributed by atoms with Gasteiger partial charge in [0.25, 0.3) is 5.56 Å². The average Bonchev–Trinajstić information content (AvgIpc) is 3.13. The quantitative estimate of drug-likeness (QED) is 0.685. The maximum absolute atomic E-state index is 12.1. The fourth-order valence-corrected chi connectivity index (χ4v) is 3.34. The van der Waals surface area contributed by atoms with Crippen molar-refractivity contribution in [3.63, 3.8) is 0 Å². The predicted molar refractivity (Wildman–Crippen MR) is 110 cm³/mol. The molecule has 0 unspecified atom stereocenters. The summed E-state index contributed by atoms with van der Waals surface area (Å²) in [4.78, 5) is 16.6. The zero-order chi connectivity index (χ0) is 19.5. The van der Waals surface area contributed by atoms with E-state index in [4.69, 9.17) is 0 Å². The number of hydrogen-bond donors (Lipinski definition) is 0. The molecule has 0 atom stereocenters. The maximum Gasteiger partial charge on any atom is 0.267 e. The van der Waals surface area contributed by atoms with Crippen molar-refractivity contribution < 1.29 is 0 Å². The Morgan fingerprint density at radius 3 is 2.50 bits per heavy atom. The molecular weight excluding hydrogens is 350 g/mol. The Balaban J connectivity index is 1.72. The van der Waals surface area contributed by atoms with Gasteiger partial charge in [-0.25, -0.2) is 9.69 Å². The Morgan fingerprint density at radius 2 is 1.79 bits per heavy atom. The largest absolute Gasteiger partial charge is 0.272 e. The number of nitrogens with zero attached hydrogens (tertiary/aromatic N) is 5. The van der Waals surface area contributed by atoms with Crippen LogP contribution in [0.1, 0.15) is 31.3 Å². The highest BCUT2D eigenvalue weighted by Gasteiger charge is 2.28. The molecular formula is C22H23N5O. The van der Waals surface area contributed by atoms with E-state index in [0.29, 0.717) is 6.54 Å². The summed E-state index contributed by atoms with van der Waals surface area (Å²) in [6.45, 7) is 5.34. The molecule has 0 saturated carbocycles. The Labute approximate surface area is 164 Å². The molecule has 0 N–H and O–H groups in total. The zero-order valence-electron chi connectivity index (χ0n) is 16.1. The summed E-state index contributed by atoms with van der Waals surface area (Å²) in [5.74, 6) is 0. The molecule has 0 amide bonds. The zero-order valence-corrected chi connectivity index (χ0v) is 16.1. The molecule has 0 fully saturated rings. The molecule has 1 aliphatic heterocycles. The van der Waals surface area contributed by atoms with E-state index in [9.17, 15) is 4.79 Å². The van der Waals surface area contributed by atoms with E-state index in [1.54, 1.807) is 12.1 Å². The topological polar surface area (TPSA) is 54.3 Å². The lowest BCUT2D eigenvalue weighted by Gasteiger charge is -2.32. The van der Waals surface area contributed by atoms with E-state index in [1.165, 1.54) is 4.68 Å². The lowest BCUT2D eigenvalue weighted by Crippen LogP contribution is -2.37. The van der Waals surface area contributed by atoms with E-state index in [-0.39, 0.29) is 11.6 Å². The van der Waals surface area contributed by atoms with Gasteiger partial charge in [0.15, 0.2) is 0 Å². The van der Waals surface area contributed by atoms with Crippen LogP contribution in [0.25, 0.3) is 5.70 Å². The van der Waals surface area contributed by atoms with E-state index in [0.717, 1.165) is 29.3 Å². The lowest BCUT2D eigenvalue weighted by molar-refractivity contribution is 0.313. The second-order valence-corrected chi connectivity index (χ2v) is 7.00. The highest BCUT2D eigenvalue weighted by molar-refractivity contribution is 5.78. The number of anilines is 1. The molecule has 4 rings (SSSR count). The van der Waals surface area contributed by atoms with Gasteiger partial charge in [0.05, 0.1) is 29.7 Å². The average molecular weight is 373 g/mol. The van der Waals surface area contributed by atoms with Gasteiger partial charge in [-0.2, -0.15) is 5.10 Å². The van der Waals surface area contributed by atoms with Gasteiger partial charge in [0.1, 0.15) is 5.69 Å². The molecule has 0 radical (unpaired) electrons. The Kier molecular flexibility index (Phi) is 5.04. The standard InChI is InChI=1S/C22H23N5O/c1-17(2)26-22(28)12-11-20(24-26)21-13-15-25(16-18-8-6-7-14-23-18)27(21)19-9-4-3-5-10-19/h3-14,17H,15-16H2,1-2H3. The van der Waals surface area contributed by atoms with E-state index >= 15 is 0 Å². The van der Waals surface area contributed by atoms with Gasteiger partial charge < -0.3 is 0 Å². The third-order valence-corrected chi connectivity index (χ3v) is 4.65. The Morgan fingerprint density at radius 1 is 1.00 bits per heavy atom. The van der Waals surface area contributed by atoms with Crippen molar-refractivity contribution in [2.75, 3.05) is 11.6 Å². The molecule has 28 heavy (non-hydrogen) atoms. The van der Waals surface area contributed by atoms with Crippen molar-refractivity contribution in [2.24, 2.45) is 0 Å². The summed E-state index contributed by atoms with van der Waals surface area (Å²) >= 11 is 0. The normalized spacial score (nSPS) is 14.5. The number of aromatic nitrogens is 3. The first-order chi connectivity index (χ1) is 13.6. The number of rotatable bonds is 5. The summed E-state index contributed by atoms with van der Waals surface area (Å²) in [7, 11) is 0. The monoisotopic (exact) mass is 373 g/mol. The maximum atomic E-state index is 12.1. The molecule has 1 aliphatic rings. The second-order valence-electron chi connectivity index (χ2n) is 7.00. The SMILES string of the molecule is CC(C)n1nc(C2=CCN(Cc3ccccn3)N2c2ccccc2)ccc1=O. The Hall–Kier alpha value is -3.25. The molecule has 6 heteroatoms. The fraction of sp³-hybridized carbons (Fsp3) is 0.227. The summed E-state index contributed by atoms with van der Waals surface area (Å²) in [6.07, 6.45) is 3.96. The minimum atomic E-state index is -0.0889. The van der Waals surface area contributed by atoms with Crippen LogP contribution in [-0.2, 0) is 6.54 Å². The van der Waals surface area contributed by atoms with Crippen LogP contribution in [0.3, 0.4) is 0 Å². The Bertz CT molecular complexity index is 1030. The number of benzene rings is 1. The van der Waals surface area contributed by atoms with Crippen LogP contribution in [0.2, 0.25) is 0 Å². The van der Waals surface area contributed by atoms with Crippen LogP contribution in [0.5, 0.6) is 0 Å². The van der Waals surface area contributed by atoms with Gasteiger partial charge in [-0.1, -0.05) is 24.3 Å². The van der Waals surface area contributed by atoms with Crippen LogP contribution >= 0.6 is 0 Å². The van der Waals surface area contributed by atoms with Crippen molar-refractivity contribution in [3.05, 3.63) is 94.7 Å². The minimum Gasteiger partial charge on any atom is -0.272 e. The minimum absolute atomic E-state index is 0.00394. The molecule has 142 valence electrons. The summed E-state index contributed by atoms with van der Waals surface area (Å²) < 4.78 is 1.53. The highest BCUT2D eigenvalue weighted by atomic mass is 16.1. The molecule has 2 aromatic heterocycles. The highest BCUT2D eigenvalue weighted by Crippen LogP contribution is 2.32. The molecule has 3 heterocycles. The van der Waals surface area contributed by atoms with Gasteiger partial charge in [-0.05, 0) is 50.3 Å². The molecule has 0 bridgehead atoms. The fourth-order valence-electron chi connectivity index (χ4n) is 3.34.